The molecule has 0 spiro atoms. The first-order valence-corrected chi connectivity index (χ1v) is 4.54. The van der Waals surface area contributed by atoms with Crippen LogP contribution >= 0.6 is 0 Å². The van der Waals surface area contributed by atoms with Crippen molar-refractivity contribution in [2.45, 2.75) is 6.92 Å². The smallest absolute Gasteiger partial charge is 0.167 e. The Labute approximate surface area is 82.2 Å². The van der Waals surface area contributed by atoms with E-state index in [1.807, 2.05) is 37.3 Å². The van der Waals surface area contributed by atoms with Crippen LogP contribution < -0.4 is 5.73 Å². The summed E-state index contributed by atoms with van der Waals surface area (Å²) in [7, 11) is 0. The average molecular weight is 188 g/mol. The summed E-state index contributed by atoms with van der Waals surface area (Å²) in [6.07, 6.45) is 3.88. The van der Waals surface area contributed by atoms with Crippen molar-refractivity contribution in [2.24, 2.45) is 5.73 Å². The van der Waals surface area contributed by atoms with Gasteiger partial charge in [0.25, 0.3) is 0 Å². The summed E-state index contributed by atoms with van der Waals surface area (Å²) in [5.41, 5.74) is 8.20. The summed E-state index contributed by atoms with van der Waals surface area (Å²) in [5.74, 6) is 0. The van der Waals surface area contributed by atoms with E-state index in [1.54, 1.807) is 0 Å². The van der Waals surface area contributed by atoms with Gasteiger partial charge < -0.3 is 10.3 Å². The number of nitrogens with two attached hydrogens (primary N) is 1. The van der Waals surface area contributed by atoms with Crippen molar-refractivity contribution in [3.63, 3.8) is 0 Å². The zero-order valence-electron chi connectivity index (χ0n) is 8.03. The number of rotatable bonds is 2. The third kappa shape index (κ3) is 1.54. The molecule has 72 valence electrons. The van der Waals surface area contributed by atoms with Gasteiger partial charge in [-0.05, 0) is 24.6 Å². The Kier molecular flexibility index (Phi) is 2.33. The van der Waals surface area contributed by atoms with E-state index < -0.39 is 0 Å². The molecule has 0 amide bonds. The van der Waals surface area contributed by atoms with E-state index in [-0.39, 0.29) is 0 Å². The molecule has 0 aliphatic heterocycles. The lowest BCUT2D eigenvalue weighted by Crippen LogP contribution is -1.91. The quantitative estimate of drug-likeness (QED) is 0.785. The molecule has 0 unspecified atom stereocenters. The van der Waals surface area contributed by atoms with Gasteiger partial charge in [-0.1, -0.05) is 23.4 Å². The third-order valence-corrected chi connectivity index (χ3v) is 2.12. The largest absolute Gasteiger partial charge is 0.356 e. The van der Waals surface area contributed by atoms with Crippen LogP contribution in [0.2, 0.25) is 0 Å². The fraction of sp³-hybridized carbons (Fsp3) is 0.182. The fourth-order valence-electron chi connectivity index (χ4n) is 1.39. The Morgan fingerprint density at radius 2 is 2.36 bits per heavy atom. The van der Waals surface area contributed by atoms with Crippen LogP contribution in [-0.2, 0) is 0 Å². The number of hydrogen-bond donors (Lipinski definition) is 1. The second-order valence-electron chi connectivity index (χ2n) is 3.16. The maximum atomic E-state index is 5.37. The molecule has 0 aliphatic carbocycles. The third-order valence-electron chi connectivity index (χ3n) is 2.12. The minimum Gasteiger partial charge on any atom is -0.356 e. The Morgan fingerprint density at radius 1 is 1.50 bits per heavy atom. The van der Waals surface area contributed by atoms with Crippen molar-refractivity contribution >= 4 is 17.0 Å². The fourth-order valence-corrected chi connectivity index (χ4v) is 1.39. The summed E-state index contributed by atoms with van der Waals surface area (Å²) in [4.78, 5) is 0. The zero-order valence-corrected chi connectivity index (χ0v) is 8.03. The van der Waals surface area contributed by atoms with Crippen molar-refractivity contribution < 1.29 is 4.52 Å². The van der Waals surface area contributed by atoms with E-state index in [9.17, 15) is 0 Å². The van der Waals surface area contributed by atoms with Crippen LogP contribution in [0, 0.1) is 6.92 Å². The number of fused-ring (bicyclic) bond motifs is 1. The van der Waals surface area contributed by atoms with Gasteiger partial charge in [0.1, 0.15) is 0 Å². The maximum Gasteiger partial charge on any atom is 0.167 e. The molecular formula is C11H12N2O. The van der Waals surface area contributed by atoms with E-state index in [0.717, 1.165) is 22.2 Å². The molecule has 1 aromatic carbocycles. The summed E-state index contributed by atoms with van der Waals surface area (Å²) in [6.45, 7) is 2.48. The molecule has 0 radical (unpaired) electrons. The van der Waals surface area contributed by atoms with Gasteiger partial charge in [-0.25, -0.2) is 0 Å². The molecule has 1 aromatic heterocycles. The molecule has 14 heavy (non-hydrogen) atoms. The topological polar surface area (TPSA) is 52.0 Å². The van der Waals surface area contributed by atoms with E-state index in [4.69, 9.17) is 10.3 Å². The monoisotopic (exact) mass is 188 g/mol. The van der Waals surface area contributed by atoms with Crippen molar-refractivity contribution in [1.29, 1.82) is 0 Å². The Hall–Kier alpha value is -1.61. The van der Waals surface area contributed by atoms with Gasteiger partial charge in [-0.3, -0.25) is 0 Å². The van der Waals surface area contributed by atoms with Crippen LogP contribution in [0.3, 0.4) is 0 Å². The highest BCUT2D eigenvalue weighted by Gasteiger charge is 2.02. The second kappa shape index (κ2) is 3.64. The number of benzene rings is 1. The minimum atomic E-state index is 0.549. The second-order valence-corrected chi connectivity index (χ2v) is 3.16. The molecule has 0 atom stereocenters. The first kappa shape index (κ1) is 8.97. The summed E-state index contributed by atoms with van der Waals surface area (Å²) in [6, 6.07) is 6.00. The molecule has 1 heterocycles. The van der Waals surface area contributed by atoms with Crippen molar-refractivity contribution in [3.8, 4) is 0 Å². The standard InChI is InChI=1S/C11H12N2O/c1-8-10-5-4-9(3-2-6-12)7-11(10)14-13-8/h2-5,7H,6,12H2,1H3/b3-2+. The van der Waals surface area contributed by atoms with Crippen LogP contribution in [0.15, 0.2) is 28.8 Å². The van der Waals surface area contributed by atoms with Gasteiger partial charge in [0, 0.05) is 11.9 Å². The lowest BCUT2D eigenvalue weighted by molar-refractivity contribution is 0.450. The first-order chi connectivity index (χ1) is 6.81. The van der Waals surface area contributed by atoms with Crippen molar-refractivity contribution in [3.05, 3.63) is 35.5 Å². The van der Waals surface area contributed by atoms with Gasteiger partial charge in [0.05, 0.1) is 5.69 Å². The highest BCUT2D eigenvalue weighted by molar-refractivity contribution is 5.81. The van der Waals surface area contributed by atoms with E-state index in [1.165, 1.54) is 0 Å². The number of aryl methyl sites for hydroxylation is 1. The van der Waals surface area contributed by atoms with E-state index in [2.05, 4.69) is 5.16 Å². The number of aromatic nitrogens is 1. The summed E-state index contributed by atoms with van der Waals surface area (Å²) in [5, 5.41) is 4.96. The Morgan fingerprint density at radius 3 is 3.14 bits per heavy atom. The molecule has 3 heteroatoms. The van der Waals surface area contributed by atoms with Crippen molar-refractivity contribution in [2.75, 3.05) is 6.54 Å². The van der Waals surface area contributed by atoms with Crippen LogP contribution in [0.5, 0.6) is 0 Å². The number of nitrogens with zero attached hydrogens (tertiary/aromatic N) is 1. The van der Waals surface area contributed by atoms with Gasteiger partial charge in [0.2, 0.25) is 0 Å². The minimum absolute atomic E-state index is 0.549. The highest BCUT2D eigenvalue weighted by atomic mass is 16.5. The molecule has 0 saturated heterocycles. The van der Waals surface area contributed by atoms with E-state index in [0.29, 0.717) is 6.54 Å². The summed E-state index contributed by atoms with van der Waals surface area (Å²) >= 11 is 0. The molecule has 2 rings (SSSR count). The van der Waals surface area contributed by atoms with E-state index >= 15 is 0 Å². The Balaban J connectivity index is 2.47. The molecule has 0 fully saturated rings. The van der Waals surface area contributed by atoms with Crippen LogP contribution in [0.4, 0.5) is 0 Å². The van der Waals surface area contributed by atoms with Crippen LogP contribution in [0.1, 0.15) is 11.3 Å². The molecule has 0 saturated carbocycles. The molecule has 0 aliphatic rings. The molecular weight excluding hydrogens is 176 g/mol. The van der Waals surface area contributed by atoms with Crippen molar-refractivity contribution in [1.82, 2.24) is 5.16 Å². The van der Waals surface area contributed by atoms with Gasteiger partial charge in [-0.2, -0.15) is 0 Å². The van der Waals surface area contributed by atoms with Gasteiger partial charge >= 0.3 is 0 Å². The average Bonchev–Trinajstić information content (AvgIpc) is 2.57. The molecule has 3 nitrogen and oxygen atoms in total. The normalized spacial score (nSPS) is 11.6. The SMILES string of the molecule is Cc1noc2cc(/C=C/CN)ccc12. The molecule has 0 bridgehead atoms. The van der Waals surface area contributed by atoms with Gasteiger partial charge in [-0.15, -0.1) is 0 Å². The number of hydrogen-bond acceptors (Lipinski definition) is 3. The van der Waals surface area contributed by atoms with Gasteiger partial charge in [0.15, 0.2) is 5.58 Å². The lowest BCUT2D eigenvalue weighted by Gasteiger charge is -1.92. The highest BCUT2D eigenvalue weighted by Crippen LogP contribution is 2.19. The lowest BCUT2D eigenvalue weighted by atomic mass is 10.1. The van der Waals surface area contributed by atoms with Crippen LogP contribution in [0.25, 0.3) is 17.0 Å². The zero-order chi connectivity index (χ0) is 9.97. The summed E-state index contributed by atoms with van der Waals surface area (Å²) < 4.78 is 5.15. The molecule has 2 N–H and O–H groups in total. The first-order valence-electron chi connectivity index (χ1n) is 4.54. The Bertz CT molecular complexity index is 471. The maximum absolute atomic E-state index is 5.37. The van der Waals surface area contributed by atoms with Crippen LogP contribution in [-0.4, -0.2) is 11.7 Å². The predicted octanol–water partition coefficient (Wildman–Crippen LogP) is 2.11. The molecule has 2 aromatic rings. The predicted molar refractivity (Wildman–Crippen MR) is 56.8 cm³/mol.